The predicted octanol–water partition coefficient (Wildman–Crippen LogP) is 5.16. The zero-order valence-electron chi connectivity index (χ0n) is 18.2. The van der Waals surface area contributed by atoms with Gasteiger partial charge >= 0.3 is 5.97 Å². The van der Waals surface area contributed by atoms with Crippen LogP contribution in [0.2, 0.25) is 0 Å². The summed E-state index contributed by atoms with van der Waals surface area (Å²) >= 11 is 0. The van der Waals surface area contributed by atoms with Crippen LogP contribution in [0.5, 0.6) is 23.0 Å². The number of Topliss-reactive ketones (excluding diaryl/α,β-unsaturated/α-hetero) is 1. The third kappa shape index (κ3) is 4.07. The molecule has 0 spiro atoms. The molecular formula is C26H22O6. The Hall–Kier alpha value is -4.06. The maximum Gasteiger partial charge on any atom is 0.343 e. The van der Waals surface area contributed by atoms with Crippen LogP contribution >= 0.6 is 0 Å². The van der Waals surface area contributed by atoms with Crippen LogP contribution in [0.25, 0.3) is 6.08 Å². The quantitative estimate of drug-likeness (QED) is 0.316. The second-order valence-electron chi connectivity index (χ2n) is 7.42. The van der Waals surface area contributed by atoms with Crippen molar-refractivity contribution in [3.63, 3.8) is 0 Å². The molecule has 0 amide bonds. The van der Waals surface area contributed by atoms with Crippen molar-refractivity contribution in [2.45, 2.75) is 13.8 Å². The Bertz CT molecular complexity index is 1240. The van der Waals surface area contributed by atoms with E-state index in [1.807, 2.05) is 19.1 Å². The van der Waals surface area contributed by atoms with Gasteiger partial charge in [-0.15, -0.1) is 0 Å². The Morgan fingerprint density at radius 3 is 2.34 bits per heavy atom. The Morgan fingerprint density at radius 2 is 1.66 bits per heavy atom. The van der Waals surface area contributed by atoms with Gasteiger partial charge < -0.3 is 18.9 Å². The molecule has 0 aliphatic carbocycles. The number of allylic oxidation sites excluding steroid dienone is 1. The van der Waals surface area contributed by atoms with Crippen molar-refractivity contribution in [1.29, 1.82) is 0 Å². The first kappa shape index (κ1) is 21.2. The van der Waals surface area contributed by atoms with Crippen LogP contribution in [0.15, 0.2) is 60.4 Å². The molecule has 6 heteroatoms. The highest BCUT2D eigenvalue weighted by molar-refractivity contribution is 6.15. The number of aryl methyl sites for hydroxylation is 2. The van der Waals surface area contributed by atoms with Crippen LogP contribution in [0.1, 0.15) is 37.4 Å². The number of ether oxygens (including phenoxy) is 4. The smallest absolute Gasteiger partial charge is 0.343 e. The van der Waals surface area contributed by atoms with Crippen molar-refractivity contribution in [3.05, 3.63) is 88.2 Å². The van der Waals surface area contributed by atoms with Crippen LogP contribution in [-0.2, 0) is 0 Å². The molecule has 0 radical (unpaired) electrons. The highest BCUT2D eigenvalue weighted by Crippen LogP contribution is 2.38. The third-order valence-corrected chi connectivity index (χ3v) is 5.17. The summed E-state index contributed by atoms with van der Waals surface area (Å²) in [6.45, 7) is 3.72. The van der Waals surface area contributed by atoms with Gasteiger partial charge in [0.1, 0.15) is 23.0 Å². The highest BCUT2D eigenvalue weighted by atomic mass is 16.5. The standard InChI is InChI=1S/C26H22O6/c1-15-5-7-17(8-6-15)26(28)31-20-11-16(2)24-22(14-20)32-23(25(24)27)12-18-9-10-19(29-3)13-21(18)30-4/h5-14H,1-4H3/b23-12-. The average Bonchev–Trinajstić information content (AvgIpc) is 3.09. The lowest BCUT2D eigenvalue weighted by Crippen LogP contribution is -2.08. The molecule has 6 nitrogen and oxygen atoms in total. The lowest BCUT2D eigenvalue weighted by molar-refractivity contribution is 0.0734. The van der Waals surface area contributed by atoms with Crippen molar-refractivity contribution in [3.8, 4) is 23.0 Å². The number of methoxy groups -OCH3 is 2. The molecular weight excluding hydrogens is 408 g/mol. The van der Waals surface area contributed by atoms with Gasteiger partial charge in [-0.3, -0.25) is 4.79 Å². The first-order valence-electron chi connectivity index (χ1n) is 9.99. The van der Waals surface area contributed by atoms with E-state index in [0.717, 1.165) is 5.56 Å². The molecule has 0 atom stereocenters. The molecule has 32 heavy (non-hydrogen) atoms. The monoisotopic (exact) mass is 430 g/mol. The molecule has 4 rings (SSSR count). The van der Waals surface area contributed by atoms with E-state index in [2.05, 4.69) is 0 Å². The van der Waals surface area contributed by atoms with Gasteiger partial charge in [-0.2, -0.15) is 0 Å². The van der Waals surface area contributed by atoms with Gasteiger partial charge in [0.25, 0.3) is 0 Å². The van der Waals surface area contributed by atoms with E-state index in [-0.39, 0.29) is 11.5 Å². The highest BCUT2D eigenvalue weighted by Gasteiger charge is 2.30. The van der Waals surface area contributed by atoms with Gasteiger partial charge in [-0.25, -0.2) is 4.79 Å². The maximum atomic E-state index is 13.0. The number of fused-ring (bicyclic) bond motifs is 1. The molecule has 1 heterocycles. The summed E-state index contributed by atoms with van der Waals surface area (Å²) < 4.78 is 22.0. The summed E-state index contributed by atoms with van der Waals surface area (Å²) in [6.07, 6.45) is 1.62. The van der Waals surface area contributed by atoms with E-state index in [1.54, 1.807) is 69.7 Å². The van der Waals surface area contributed by atoms with E-state index >= 15 is 0 Å². The first-order valence-corrected chi connectivity index (χ1v) is 9.99. The van der Waals surface area contributed by atoms with Gasteiger partial charge in [0, 0.05) is 17.7 Å². The van der Waals surface area contributed by atoms with E-state index in [1.165, 1.54) is 0 Å². The largest absolute Gasteiger partial charge is 0.497 e. The van der Waals surface area contributed by atoms with Gasteiger partial charge in [0.2, 0.25) is 5.78 Å². The number of esters is 1. The second-order valence-corrected chi connectivity index (χ2v) is 7.42. The van der Waals surface area contributed by atoms with Crippen molar-refractivity contribution >= 4 is 17.8 Å². The SMILES string of the molecule is COc1ccc(/C=C2\Oc3cc(OC(=O)c4ccc(C)cc4)cc(C)c3C2=O)c(OC)c1. The summed E-state index contributed by atoms with van der Waals surface area (Å²) in [7, 11) is 3.11. The molecule has 0 unspecified atom stereocenters. The molecule has 0 fully saturated rings. The van der Waals surface area contributed by atoms with Crippen molar-refractivity contribution in [2.75, 3.05) is 14.2 Å². The molecule has 0 bridgehead atoms. The van der Waals surface area contributed by atoms with Crippen LogP contribution in [-0.4, -0.2) is 26.0 Å². The zero-order valence-corrected chi connectivity index (χ0v) is 18.2. The predicted molar refractivity (Wildman–Crippen MR) is 120 cm³/mol. The number of hydrogen-bond acceptors (Lipinski definition) is 6. The van der Waals surface area contributed by atoms with E-state index < -0.39 is 5.97 Å². The first-order chi connectivity index (χ1) is 15.4. The second kappa shape index (κ2) is 8.59. The van der Waals surface area contributed by atoms with Gasteiger partial charge in [0.05, 0.1) is 25.3 Å². The molecule has 1 aliphatic heterocycles. The molecule has 162 valence electrons. The molecule has 3 aromatic carbocycles. The van der Waals surface area contributed by atoms with Crippen molar-refractivity contribution < 1.29 is 28.5 Å². The van der Waals surface area contributed by atoms with E-state index in [0.29, 0.717) is 45.3 Å². The number of benzene rings is 3. The van der Waals surface area contributed by atoms with Gasteiger partial charge in [-0.05, 0) is 55.8 Å². The normalized spacial score (nSPS) is 13.5. The minimum atomic E-state index is -0.479. The molecule has 0 N–H and O–H groups in total. The summed E-state index contributed by atoms with van der Waals surface area (Å²) in [5, 5.41) is 0. The number of carbonyl (C=O) groups is 2. The molecule has 0 saturated carbocycles. The lowest BCUT2D eigenvalue weighted by atomic mass is 10.0. The zero-order chi connectivity index (χ0) is 22.8. The van der Waals surface area contributed by atoms with Crippen molar-refractivity contribution in [1.82, 2.24) is 0 Å². The Balaban J connectivity index is 1.61. The minimum Gasteiger partial charge on any atom is -0.497 e. The maximum absolute atomic E-state index is 13.0. The Labute approximate surface area is 186 Å². The fourth-order valence-electron chi connectivity index (χ4n) is 3.47. The van der Waals surface area contributed by atoms with Gasteiger partial charge in [0.15, 0.2) is 5.76 Å². The lowest BCUT2D eigenvalue weighted by Gasteiger charge is -2.08. The summed E-state index contributed by atoms with van der Waals surface area (Å²) in [4.78, 5) is 25.4. The summed E-state index contributed by atoms with van der Waals surface area (Å²) in [5.41, 5.74) is 3.27. The molecule has 0 saturated heterocycles. The number of hydrogen-bond donors (Lipinski definition) is 0. The number of rotatable bonds is 5. The minimum absolute atomic E-state index is 0.161. The summed E-state index contributed by atoms with van der Waals surface area (Å²) in [6, 6.07) is 15.6. The summed E-state index contributed by atoms with van der Waals surface area (Å²) in [5.74, 6) is 1.28. The Kier molecular flexibility index (Phi) is 5.69. The van der Waals surface area contributed by atoms with E-state index in [4.69, 9.17) is 18.9 Å². The number of carbonyl (C=O) groups excluding carboxylic acids is 2. The van der Waals surface area contributed by atoms with E-state index in [9.17, 15) is 9.59 Å². The third-order valence-electron chi connectivity index (χ3n) is 5.17. The molecule has 1 aliphatic rings. The van der Waals surface area contributed by atoms with Crippen molar-refractivity contribution in [2.24, 2.45) is 0 Å². The number of ketones is 1. The fraction of sp³-hybridized carbons (Fsp3) is 0.154. The van der Waals surface area contributed by atoms with Crippen LogP contribution in [0, 0.1) is 13.8 Å². The van der Waals surface area contributed by atoms with Crippen LogP contribution < -0.4 is 18.9 Å². The van der Waals surface area contributed by atoms with Gasteiger partial charge in [-0.1, -0.05) is 17.7 Å². The van der Waals surface area contributed by atoms with Crippen LogP contribution in [0.4, 0.5) is 0 Å². The van der Waals surface area contributed by atoms with Crippen LogP contribution in [0.3, 0.4) is 0 Å². The Morgan fingerprint density at radius 1 is 0.906 bits per heavy atom. The molecule has 0 aromatic heterocycles. The average molecular weight is 430 g/mol. The topological polar surface area (TPSA) is 71.1 Å². The fourth-order valence-corrected chi connectivity index (χ4v) is 3.47. The molecule has 3 aromatic rings.